The molecule has 1 rings (SSSR count). The van der Waals surface area contributed by atoms with Crippen molar-refractivity contribution >= 4 is 17.8 Å². The molecule has 0 atom stereocenters. The monoisotopic (exact) mass is 193 g/mol. The van der Waals surface area contributed by atoms with E-state index in [0.29, 0.717) is 0 Å². The van der Waals surface area contributed by atoms with Gasteiger partial charge in [0, 0.05) is 12.2 Å². The van der Waals surface area contributed by atoms with Crippen molar-refractivity contribution < 1.29 is 19.1 Å². The number of ether oxygens (including phenoxy) is 1. The smallest absolute Gasteiger partial charge is 0.327 e. The molecule has 0 aromatic carbocycles. The quantitative estimate of drug-likeness (QED) is 0.330. The van der Waals surface area contributed by atoms with Gasteiger partial charge in [-0.15, -0.1) is 6.42 Å². The summed E-state index contributed by atoms with van der Waals surface area (Å²) in [4.78, 5) is 33.7. The summed E-state index contributed by atoms with van der Waals surface area (Å²) in [5.41, 5.74) is 0. The van der Waals surface area contributed by atoms with Crippen LogP contribution in [0.3, 0.4) is 0 Å². The molecule has 0 bridgehead atoms. The van der Waals surface area contributed by atoms with Crippen LogP contribution in [0.25, 0.3) is 0 Å². The molecule has 72 valence electrons. The van der Waals surface area contributed by atoms with E-state index in [1.807, 2.05) is 0 Å². The first-order chi connectivity index (χ1) is 6.65. The lowest BCUT2D eigenvalue weighted by atomic mass is 10.5. The number of nitrogens with zero attached hydrogens (tertiary/aromatic N) is 1. The van der Waals surface area contributed by atoms with Crippen molar-refractivity contribution in [1.82, 2.24) is 4.90 Å². The summed E-state index contributed by atoms with van der Waals surface area (Å²) >= 11 is 0. The van der Waals surface area contributed by atoms with Crippen molar-refractivity contribution in [3.8, 4) is 12.3 Å². The number of carbonyl (C=O) groups excluding carboxylic acids is 3. The summed E-state index contributed by atoms with van der Waals surface area (Å²) in [5.74, 6) is 0.357. The second kappa shape index (κ2) is 4.23. The predicted molar refractivity (Wildman–Crippen MR) is 45.7 cm³/mol. The maximum absolute atomic E-state index is 11.0. The molecule has 14 heavy (non-hydrogen) atoms. The van der Waals surface area contributed by atoms with Gasteiger partial charge in [0.05, 0.1) is 0 Å². The zero-order valence-corrected chi connectivity index (χ0v) is 7.23. The fourth-order valence-corrected chi connectivity index (χ4v) is 0.884. The van der Waals surface area contributed by atoms with Crippen LogP contribution in [0.2, 0.25) is 0 Å². The highest BCUT2D eigenvalue weighted by molar-refractivity contribution is 6.14. The average molecular weight is 193 g/mol. The topological polar surface area (TPSA) is 63.7 Å². The molecule has 0 N–H and O–H groups in total. The van der Waals surface area contributed by atoms with Gasteiger partial charge in [0.25, 0.3) is 11.8 Å². The Labute approximate surface area is 80.3 Å². The molecule has 1 heterocycles. The molecule has 5 heteroatoms. The highest BCUT2D eigenvalue weighted by Crippen LogP contribution is 2.02. The first kappa shape index (κ1) is 9.99. The van der Waals surface area contributed by atoms with E-state index in [-0.39, 0.29) is 6.61 Å². The zero-order chi connectivity index (χ0) is 10.6. The Hall–Kier alpha value is -2.09. The third-order valence-electron chi connectivity index (χ3n) is 1.50. The molecule has 0 aliphatic carbocycles. The van der Waals surface area contributed by atoms with Gasteiger partial charge in [-0.2, -0.15) is 0 Å². The van der Waals surface area contributed by atoms with Crippen LogP contribution in [0, 0.1) is 12.3 Å². The molecule has 0 unspecified atom stereocenters. The maximum atomic E-state index is 11.0. The fourth-order valence-electron chi connectivity index (χ4n) is 0.884. The molecular formula is C9H7NO4. The lowest BCUT2D eigenvalue weighted by Gasteiger charge is -2.11. The third-order valence-corrected chi connectivity index (χ3v) is 1.50. The number of rotatable bonds is 3. The molecule has 0 saturated heterocycles. The standard InChI is InChI=1S/C9H7NO4/c1-2-5-14-9(13)6-10-7(11)3-4-8(10)12/h1,3-4H,5-6H2. The molecular weight excluding hydrogens is 186 g/mol. The van der Waals surface area contributed by atoms with E-state index in [1.54, 1.807) is 0 Å². The van der Waals surface area contributed by atoms with Crippen molar-refractivity contribution in [3.05, 3.63) is 12.2 Å². The Morgan fingerprint density at radius 1 is 1.43 bits per heavy atom. The molecule has 1 aliphatic heterocycles. The van der Waals surface area contributed by atoms with Crippen LogP contribution >= 0.6 is 0 Å². The minimum atomic E-state index is -0.701. The highest BCUT2D eigenvalue weighted by Gasteiger charge is 2.25. The van der Waals surface area contributed by atoms with Gasteiger partial charge in [-0.05, 0) is 0 Å². The number of amides is 2. The van der Waals surface area contributed by atoms with E-state index in [9.17, 15) is 14.4 Å². The summed E-state index contributed by atoms with van der Waals surface area (Å²) in [6.45, 7) is -0.561. The van der Waals surface area contributed by atoms with Crippen molar-refractivity contribution in [1.29, 1.82) is 0 Å². The van der Waals surface area contributed by atoms with E-state index in [2.05, 4.69) is 10.7 Å². The van der Waals surface area contributed by atoms with E-state index in [1.165, 1.54) is 0 Å². The van der Waals surface area contributed by atoms with Gasteiger partial charge < -0.3 is 4.74 Å². The van der Waals surface area contributed by atoms with Crippen LogP contribution in [0.5, 0.6) is 0 Å². The minimum absolute atomic E-state index is 0.164. The van der Waals surface area contributed by atoms with E-state index in [4.69, 9.17) is 6.42 Å². The lowest BCUT2D eigenvalue weighted by molar-refractivity contribution is -0.150. The van der Waals surface area contributed by atoms with E-state index in [0.717, 1.165) is 17.1 Å². The zero-order valence-electron chi connectivity index (χ0n) is 7.23. The van der Waals surface area contributed by atoms with Crippen molar-refractivity contribution in [2.75, 3.05) is 13.2 Å². The van der Waals surface area contributed by atoms with Crippen LogP contribution in [0.4, 0.5) is 0 Å². The van der Waals surface area contributed by atoms with Crippen LogP contribution in [-0.4, -0.2) is 35.8 Å². The molecule has 1 aliphatic rings. The van der Waals surface area contributed by atoms with Gasteiger partial charge in [-0.25, -0.2) is 0 Å². The van der Waals surface area contributed by atoms with Crippen molar-refractivity contribution in [2.24, 2.45) is 0 Å². The molecule has 5 nitrogen and oxygen atoms in total. The van der Waals surface area contributed by atoms with Gasteiger partial charge in [0.2, 0.25) is 0 Å². The van der Waals surface area contributed by atoms with Crippen LogP contribution in [0.1, 0.15) is 0 Å². The SMILES string of the molecule is C#CCOC(=O)CN1C(=O)C=CC1=O. The van der Waals surface area contributed by atoms with Crippen LogP contribution < -0.4 is 0 Å². The number of imide groups is 1. The third kappa shape index (κ3) is 2.20. The van der Waals surface area contributed by atoms with Crippen LogP contribution in [-0.2, 0) is 19.1 Å². The number of esters is 1. The highest BCUT2D eigenvalue weighted by atomic mass is 16.5. The molecule has 0 fully saturated rings. The Bertz CT molecular complexity index is 332. The Morgan fingerprint density at radius 2 is 2.00 bits per heavy atom. The van der Waals surface area contributed by atoms with Crippen LogP contribution in [0.15, 0.2) is 12.2 Å². The molecule has 0 aromatic heterocycles. The minimum Gasteiger partial charge on any atom is -0.451 e. The Kier molecular flexibility index (Phi) is 3.02. The maximum Gasteiger partial charge on any atom is 0.327 e. The average Bonchev–Trinajstić information content (AvgIpc) is 2.46. The molecule has 0 aromatic rings. The first-order valence-corrected chi connectivity index (χ1v) is 3.78. The van der Waals surface area contributed by atoms with Gasteiger partial charge in [0.1, 0.15) is 6.54 Å². The van der Waals surface area contributed by atoms with Crippen molar-refractivity contribution in [2.45, 2.75) is 0 Å². The number of carbonyl (C=O) groups is 3. The first-order valence-electron chi connectivity index (χ1n) is 3.78. The summed E-state index contributed by atoms with van der Waals surface area (Å²) in [7, 11) is 0. The second-order valence-electron chi connectivity index (χ2n) is 2.46. The Balaban J connectivity index is 2.46. The van der Waals surface area contributed by atoms with E-state index >= 15 is 0 Å². The summed E-state index contributed by atoms with van der Waals surface area (Å²) in [5, 5.41) is 0. The fraction of sp³-hybridized carbons (Fsp3) is 0.222. The number of hydrogen-bond donors (Lipinski definition) is 0. The van der Waals surface area contributed by atoms with Gasteiger partial charge >= 0.3 is 5.97 Å². The Morgan fingerprint density at radius 3 is 2.50 bits per heavy atom. The normalized spacial score (nSPS) is 14.4. The van der Waals surface area contributed by atoms with Crippen molar-refractivity contribution in [3.63, 3.8) is 0 Å². The second-order valence-corrected chi connectivity index (χ2v) is 2.46. The van der Waals surface area contributed by atoms with Gasteiger partial charge in [-0.3, -0.25) is 19.3 Å². The molecule has 0 radical (unpaired) electrons. The summed E-state index contributed by atoms with van der Waals surface area (Å²) in [6.07, 6.45) is 7.04. The number of terminal acetylenes is 1. The lowest BCUT2D eigenvalue weighted by Crippen LogP contribution is -2.35. The van der Waals surface area contributed by atoms with E-state index < -0.39 is 24.3 Å². The molecule has 2 amide bonds. The number of hydrogen-bond acceptors (Lipinski definition) is 4. The predicted octanol–water partition coefficient (Wildman–Crippen LogP) is -0.912. The largest absolute Gasteiger partial charge is 0.451 e. The summed E-state index contributed by atoms with van der Waals surface area (Å²) in [6, 6.07) is 0. The molecule has 0 spiro atoms. The van der Waals surface area contributed by atoms with Gasteiger partial charge in [-0.1, -0.05) is 5.92 Å². The van der Waals surface area contributed by atoms with Gasteiger partial charge in [0.15, 0.2) is 6.61 Å². The molecule has 0 saturated carbocycles. The summed E-state index contributed by atoms with van der Waals surface area (Å²) < 4.78 is 4.50.